The highest BCUT2D eigenvalue weighted by Gasteiger charge is 2.52. The molecule has 2 bridgehead atoms. The fourth-order valence-corrected chi connectivity index (χ4v) is 6.25. The first-order valence-corrected chi connectivity index (χ1v) is 12.5. The first-order valence-electron chi connectivity index (χ1n) is 12.5. The van der Waals surface area contributed by atoms with Gasteiger partial charge in [-0.05, 0) is 53.9 Å². The number of carboxylic acid groups (broad SMARTS) is 1. The van der Waals surface area contributed by atoms with Crippen LogP contribution in [-0.2, 0) is 14.3 Å². The summed E-state index contributed by atoms with van der Waals surface area (Å²) in [4.78, 5) is 39.8. The van der Waals surface area contributed by atoms with E-state index in [2.05, 4.69) is 29.6 Å². The van der Waals surface area contributed by atoms with Crippen molar-refractivity contribution >= 4 is 18.0 Å². The van der Waals surface area contributed by atoms with E-state index >= 15 is 0 Å². The van der Waals surface area contributed by atoms with Gasteiger partial charge in [0.05, 0.1) is 5.92 Å². The molecule has 2 aromatic rings. The van der Waals surface area contributed by atoms with Gasteiger partial charge in [0, 0.05) is 18.0 Å². The number of nitrogens with one attached hydrogen (secondary N) is 1. The van der Waals surface area contributed by atoms with E-state index in [4.69, 9.17) is 4.74 Å². The van der Waals surface area contributed by atoms with Crippen molar-refractivity contribution in [3.8, 4) is 11.1 Å². The van der Waals surface area contributed by atoms with Crippen LogP contribution in [0.2, 0.25) is 0 Å². The molecule has 2 heterocycles. The summed E-state index contributed by atoms with van der Waals surface area (Å²) >= 11 is 0. The van der Waals surface area contributed by atoms with Gasteiger partial charge in [-0.25, -0.2) is 4.79 Å². The van der Waals surface area contributed by atoms with E-state index in [1.54, 1.807) is 4.90 Å². The third kappa shape index (κ3) is 4.28. The molecule has 3 unspecified atom stereocenters. The Hall–Kier alpha value is -3.35. The lowest BCUT2D eigenvalue weighted by atomic mass is 9.89. The number of rotatable bonds is 7. The molecule has 0 spiro atoms. The van der Waals surface area contributed by atoms with Gasteiger partial charge in [-0.15, -0.1) is 0 Å². The van der Waals surface area contributed by atoms with Crippen LogP contribution in [0, 0.1) is 11.8 Å². The first-order chi connectivity index (χ1) is 16.8. The molecule has 35 heavy (non-hydrogen) atoms. The lowest BCUT2D eigenvalue weighted by Crippen LogP contribution is -2.51. The molecule has 2 aromatic carbocycles. The van der Waals surface area contributed by atoms with E-state index in [9.17, 15) is 19.5 Å². The Balaban J connectivity index is 1.27. The molecule has 3 aliphatic rings. The van der Waals surface area contributed by atoms with E-state index in [1.807, 2.05) is 38.1 Å². The van der Waals surface area contributed by atoms with Crippen molar-refractivity contribution in [1.82, 2.24) is 10.2 Å². The van der Waals surface area contributed by atoms with Crippen molar-refractivity contribution in [3.05, 3.63) is 59.7 Å². The Labute approximate surface area is 205 Å². The highest BCUT2D eigenvalue weighted by molar-refractivity contribution is 5.88. The molecule has 2 fully saturated rings. The number of aliphatic carboxylic acids is 1. The average Bonchev–Trinajstić information content (AvgIpc) is 3.51. The van der Waals surface area contributed by atoms with Crippen LogP contribution in [0.1, 0.15) is 56.6 Å². The van der Waals surface area contributed by atoms with Gasteiger partial charge in [-0.1, -0.05) is 62.4 Å². The maximum absolute atomic E-state index is 13.5. The molecule has 2 saturated heterocycles. The van der Waals surface area contributed by atoms with Crippen LogP contribution < -0.4 is 5.32 Å². The minimum atomic E-state index is -0.847. The summed E-state index contributed by atoms with van der Waals surface area (Å²) in [6, 6.07) is 15.2. The molecule has 5 rings (SSSR count). The molecule has 0 radical (unpaired) electrons. The van der Waals surface area contributed by atoms with E-state index in [0.29, 0.717) is 19.3 Å². The minimum absolute atomic E-state index is 0.0573. The van der Waals surface area contributed by atoms with Crippen molar-refractivity contribution < 1.29 is 24.2 Å². The zero-order valence-corrected chi connectivity index (χ0v) is 20.1. The molecule has 0 aromatic heterocycles. The summed E-state index contributed by atoms with van der Waals surface area (Å²) in [6.07, 6.45) is 1.86. The van der Waals surface area contributed by atoms with Crippen LogP contribution in [0.25, 0.3) is 11.1 Å². The van der Waals surface area contributed by atoms with Gasteiger partial charge < -0.3 is 20.1 Å². The quantitative estimate of drug-likeness (QED) is 0.617. The zero-order chi connectivity index (χ0) is 24.7. The van der Waals surface area contributed by atoms with Crippen molar-refractivity contribution in [2.45, 2.75) is 63.6 Å². The Morgan fingerprint density at radius 2 is 1.66 bits per heavy atom. The number of hydrogen-bond acceptors (Lipinski definition) is 4. The predicted octanol–water partition coefficient (Wildman–Crippen LogP) is 4.40. The molecule has 7 nitrogen and oxygen atoms in total. The topological polar surface area (TPSA) is 95.9 Å². The Morgan fingerprint density at radius 1 is 1.03 bits per heavy atom. The van der Waals surface area contributed by atoms with Crippen molar-refractivity contribution in [1.29, 1.82) is 0 Å². The van der Waals surface area contributed by atoms with Crippen molar-refractivity contribution in [2.75, 3.05) is 6.61 Å². The molecule has 184 valence electrons. The second-order valence-corrected chi connectivity index (χ2v) is 10.4. The van der Waals surface area contributed by atoms with Crippen molar-refractivity contribution in [3.63, 3.8) is 0 Å². The maximum Gasteiger partial charge on any atom is 0.407 e. The van der Waals surface area contributed by atoms with E-state index in [1.165, 1.54) is 0 Å². The van der Waals surface area contributed by atoms with E-state index in [-0.39, 0.29) is 36.4 Å². The predicted molar refractivity (Wildman–Crippen MR) is 131 cm³/mol. The molecule has 2 aliphatic heterocycles. The van der Waals surface area contributed by atoms with Crippen molar-refractivity contribution in [2.24, 2.45) is 11.8 Å². The molecular weight excluding hydrogens is 444 g/mol. The Kier molecular flexibility index (Phi) is 6.26. The normalized spacial score (nSPS) is 23.2. The van der Waals surface area contributed by atoms with Gasteiger partial charge in [0.25, 0.3) is 0 Å². The summed E-state index contributed by atoms with van der Waals surface area (Å²) in [5.41, 5.74) is 4.57. The monoisotopic (exact) mass is 476 g/mol. The van der Waals surface area contributed by atoms with Gasteiger partial charge >= 0.3 is 12.1 Å². The number of fused-ring (bicyclic) bond motifs is 5. The minimum Gasteiger partial charge on any atom is -0.481 e. The average molecular weight is 477 g/mol. The van der Waals surface area contributed by atoms with Crippen LogP contribution >= 0.6 is 0 Å². The molecule has 7 heteroatoms. The number of benzene rings is 2. The van der Waals surface area contributed by atoms with Crippen LogP contribution in [0.5, 0.6) is 0 Å². The van der Waals surface area contributed by atoms with Crippen LogP contribution in [0.4, 0.5) is 4.79 Å². The number of amides is 2. The molecule has 4 atom stereocenters. The van der Waals surface area contributed by atoms with Gasteiger partial charge in [-0.2, -0.15) is 0 Å². The number of carbonyl (C=O) groups excluding carboxylic acids is 2. The molecular formula is C28H32N2O5. The summed E-state index contributed by atoms with van der Waals surface area (Å²) in [5, 5.41) is 12.4. The smallest absolute Gasteiger partial charge is 0.407 e. The van der Waals surface area contributed by atoms with Gasteiger partial charge in [0.1, 0.15) is 12.6 Å². The third-order valence-corrected chi connectivity index (χ3v) is 7.75. The van der Waals surface area contributed by atoms with E-state index in [0.717, 1.165) is 28.7 Å². The summed E-state index contributed by atoms with van der Waals surface area (Å²) in [7, 11) is 0. The largest absolute Gasteiger partial charge is 0.481 e. The van der Waals surface area contributed by atoms with Crippen LogP contribution in [0.15, 0.2) is 48.5 Å². The maximum atomic E-state index is 13.5. The van der Waals surface area contributed by atoms with Gasteiger partial charge in [0.2, 0.25) is 5.91 Å². The summed E-state index contributed by atoms with van der Waals surface area (Å²) in [5.74, 6) is -1.44. The lowest BCUT2D eigenvalue weighted by molar-refractivity contribution is -0.143. The number of nitrogens with zero attached hydrogens (tertiary/aromatic N) is 1. The second-order valence-electron chi connectivity index (χ2n) is 10.4. The number of carbonyl (C=O) groups is 3. The van der Waals surface area contributed by atoms with E-state index < -0.39 is 24.0 Å². The lowest BCUT2D eigenvalue weighted by Gasteiger charge is -2.29. The van der Waals surface area contributed by atoms with Gasteiger partial charge in [-0.3, -0.25) is 9.59 Å². The number of alkyl carbamates (subject to hydrolysis) is 1. The molecule has 1 aliphatic carbocycles. The standard InChI is InChI=1S/C28H32N2O5/c1-16(2)13-24(26(31)30-17-11-12-25(30)22(14-17)27(32)33)29-28(34)35-15-23-20-9-5-3-7-18(20)19-8-4-6-10-21(19)23/h3-10,16-17,22-25H,11-15H2,1-2H3,(H,29,34)(H,32,33)/t17?,22?,24-,25?/m1/s1. The number of hydrogen-bond donors (Lipinski definition) is 2. The summed E-state index contributed by atoms with van der Waals surface area (Å²) < 4.78 is 5.68. The highest BCUT2D eigenvalue weighted by atomic mass is 16.5. The molecule has 0 saturated carbocycles. The summed E-state index contributed by atoms with van der Waals surface area (Å²) in [6.45, 7) is 4.18. The fraction of sp³-hybridized carbons (Fsp3) is 0.464. The van der Waals surface area contributed by atoms with Crippen LogP contribution in [-0.4, -0.2) is 52.7 Å². The van der Waals surface area contributed by atoms with Crippen LogP contribution in [0.3, 0.4) is 0 Å². The first kappa shape index (κ1) is 23.4. The zero-order valence-electron chi connectivity index (χ0n) is 20.1. The second kappa shape index (κ2) is 9.36. The van der Waals surface area contributed by atoms with Gasteiger partial charge in [0.15, 0.2) is 0 Å². The highest BCUT2D eigenvalue weighted by Crippen LogP contribution is 2.45. The Morgan fingerprint density at radius 3 is 2.23 bits per heavy atom. The molecule has 2 N–H and O–H groups in total. The number of ether oxygens (including phenoxy) is 1. The number of carboxylic acids is 1. The molecule has 2 amide bonds. The fourth-order valence-electron chi connectivity index (χ4n) is 6.25. The third-order valence-electron chi connectivity index (χ3n) is 7.75. The Bertz CT molecular complexity index is 1100. The SMILES string of the molecule is CC(C)C[C@@H](NC(=O)OCC1c2ccccc2-c2ccccc21)C(=O)N1C2CCC1C(C(=O)O)C2.